The summed E-state index contributed by atoms with van der Waals surface area (Å²) in [6.07, 6.45) is 1.15. The van der Waals surface area contributed by atoms with Crippen molar-refractivity contribution >= 4 is 39.0 Å². The van der Waals surface area contributed by atoms with Crippen LogP contribution in [0.5, 0.6) is 0 Å². The maximum Gasteiger partial charge on any atom is 0.228 e. The number of amides is 1. The summed E-state index contributed by atoms with van der Waals surface area (Å²) >= 11 is 4.95. The Kier molecular flexibility index (Phi) is 3.92. The summed E-state index contributed by atoms with van der Waals surface area (Å²) in [6, 6.07) is 3.89. The molecule has 2 rings (SSSR count). The molecule has 0 bridgehead atoms. The van der Waals surface area contributed by atoms with Crippen molar-refractivity contribution in [1.29, 1.82) is 0 Å². The Labute approximate surface area is 119 Å². The molecule has 0 aromatic carbocycles. The molecule has 5 heteroatoms. The predicted octanol–water partition coefficient (Wildman–Crippen LogP) is 2.88. The van der Waals surface area contributed by atoms with Crippen LogP contribution in [0.3, 0.4) is 0 Å². The van der Waals surface area contributed by atoms with Gasteiger partial charge >= 0.3 is 0 Å². The Hall–Kier alpha value is -0.680. The molecule has 0 spiro atoms. The van der Waals surface area contributed by atoms with Crippen molar-refractivity contribution in [1.82, 2.24) is 4.90 Å². The van der Waals surface area contributed by atoms with Gasteiger partial charge in [0.05, 0.1) is 16.8 Å². The molecule has 18 heavy (non-hydrogen) atoms. The van der Waals surface area contributed by atoms with Crippen LogP contribution >= 0.6 is 27.3 Å². The van der Waals surface area contributed by atoms with Gasteiger partial charge in [0.15, 0.2) is 5.78 Å². The van der Waals surface area contributed by atoms with Gasteiger partial charge in [0.1, 0.15) is 0 Å². The maximum atomic E-state index is 12.1. The van der Waals surface area contributed by atoms with Crippen LogP contribution in [0, 0.1) is 5.41 Å². The number of nitrogens with zero attached hydrogens (tertiary/aromatic N) is 1. The van der Waals surface area contributed by atoms with Crippen molar-refractivity contribution < 1.29 is 9.59 Å². The van der Waals surface area contributed by atoms with Gasteiger partial charge in [0, 0.05) is 16.8 Å². The molecule has 1 aliphatic heterocycles. The minimum Gasteiger partial charge on any atom is -0.335 e. The first kappa shape index (κ1) is 13.7. The molecule has 1 saturated heterocycles. The van der Waals surface area contributed by atoms with E-state index in [1.165, 1.54) is 0 Å². The fraction of sp³-hybridized carbons (Fsp3) is 0.538. The van der Waals surface area contributed by atoms with E-state index in [1.807, 2.05) is 26.0 Å². The number of carbonyl (C=O) groups excluding carboxylic acids is 2. The molecule has 98 valence electrons. The third-order valence-corrected chi connectivity index (χ3v) is 5.03. The fourth-order valence-electron chi connectivity index (χ4n) is 1.94. The average Bonchev–Trinajstić information content (AvgIpc) is 2.68. The van der Waals surface area contributed by atoms with Gasteiger partial charge in [0.2, 0.25) is 5.91 Å². The number of hydrogen-bond acceptors (Lipinski definition) is 3. The quantitative estimate of drug-likeness (QED) is 0.836. The number of rotatable bonds is 2. The van der Waals surface area contributed by atoms with Crippen molar-refractivity contribution in [2.45, 2.75) is 26.7 Å². The molecular weight excluding hydrogens is 314 g/mol. The average molecular weight is 330 g/mol. The molecule has 0 saturated carbocycles. The third-order valence-electron chi connectivity index (χ3n) is 3.40. The van der Waals surface area contributed by atoms with E-state index in [-0.39, 0.29) is 23.7 Å². The van der Waals surface area contributed by atoms with Gasteiger partial charge in [-0.25, -0.2) is 0 Å². The number of thiophene rings is 1. The Morgan fingerprint density at radius 3 is 2.78 bits per heavy atom. The largest absolute Gasteiger partial charge is 0.335 e. The van der Waals surface area contributed by atoms with E-state index in [1.54, 1.807) is 16.2 Å². The van der Waals surface area contributed by atoms with E-state index in [9.17, 15) is 9.59 Å². The second-order valence-corrected chi connectivity index (χ2v) is 7.80. The SMILES string of the molecule is CC1(C)CCN(C(=O)Cc2ccc(Br)s2)CC1=O. The summed E-state index contributed by atoms with van der Waals surface area (Å²) in [5.41, 5.74) is -0.275. The number of carbonyl (C=O) groups is 2. The third kappa shape index (κ3) is 3.01. The van der Waals surface area contributed by atoms with Crippen LogP contribution in [-0.2, 0) is 16.0 Å². The molecule has 1 fully saturated rings. The van der Waals surface area contributed by atoms with Gasteiger partial charge in [-0.3, -0.25) is 9.59 Å². The van der Waals surface area contributed by atoms with E-state index >= 15 is 0 Å². The van der Waals surface area contributed by atoms with Crippen molar-refractivity contribution in [2.75, 3.05) is 13.1 Å². The number of ketones is 1. The second kappa shape index (κ2) is 5.13. The van der Waals surface area contributed by atoms with Crippen molar-refractivity contribution in [3.05, 3.63) is 20.8 Å². The molecule has 0 unspecified atom stereocenters. The zero-order chi connectivity index (χ0) is 13.3. The molecule has 2 heterocycles. The van der Waals surface area contributed by atoms with Crippen LogP contribution in [0.2, 0.25) is 0 Å². The highest BCUT2D eigenvalue weighted by atomic mass is 79.9. The van der Waals surface area contributed by atoms with Gasteiger partial charge < -0.3 is 4.90 Å². The molecule has 1 amide bonds. The number of hydrogen-bond donors (Lipinski definition) is 0. The van der Waals surface area contributed by atoms with Crippen LogP contribution in [0.25, 0.3) is 0 Å². The van der Waals surface area contributed by atoms with E-state index < -0.39 is 0 Å². The number of halogens is 1. The highest BCUT2D eigenvalue weighted by Gasteiger charge is 2.35. The smallest absolute Gasteiger partial charge is 0.228 e. The molecule has 0 atom stereocenters. The van der Waals surface area contributed by atoms with Gasteiger partial charge in [-0.1, -0.05) is 13.8 Å². The number of likely N-dealkylation sites (tertiary alicyclic amines) is 1. The first-order valence-electron chi connectivity index (χ1n) is 5.94. The normalized spacial score (nSPS) is 19.1. The highest BCUT2D eigenvalue weighted by Crippen LogP contribution is 2.28. The van der Waals surface area contributed by atoms with Gasteiger partial charge in [-0.05, 0) is 34.5 Å². The molecule has 1 aromatic heterocycles. The summed E-state index contributed by atoms with van der Waals surface area (Å²) in [4.78, 5) is 26.7. The lowest BCUT2D eigenvalue weighted by molar-refractivity contribution is -0.142. The van der Waals surface area contributed by atoms with E-state index in [0.717, 1.165) is 15.1 Å². The number of piperidine rings is 1. The second-order valence-electron chi connectivity index (χ2n) is 5.25. The van der Waals surface area contributed by atoms with Gasteiger partial charge in [-0.2, -0.15) is 0 Å². The summed E-state index contributed by atoms with van der Waals surface area (Å²) in [7, 11) is 0. The Morgan fingerprint density at radius 2 is 2.22 bits per heavy atom. The summed E-state index contributed by atoms with van der Waals surface area (Å²) in [5.74, 6) is 0.211. The maximum absolute atomic E-state index is 12.1. The van der Waals surface area contributed by atoms with Gasteiger partial charge in [-0.15, -0.1) is 11.3 Å². The van der Waals surface area contributed by atoms with E-state index in [2.05, 4.69) is 15.9 Å². The molecule has 1 aromatic rings. The lowest BCUT2D eigenvalue weighted by Gasteiger charge is -2.35. The monoisotopic (exact) mass is 329 g/mol. The summed E-state index contributed by atoms with van der Waals surface area (Å²) in [6.45, 7) is 4.85. The van der Waals surface area contributed by atoms with Crippen molar-refractivity contribution in [2.24, 2.45) is 5.41 Å². The molecule has 0 N–H and O–H groups in total. The van der Waals surface area contributed by atoms with E-state index in [4.69, 9.17) is 0 Å². The highest BCUT2D eigenvalue weighted by molar-refractivity contribution is 9.11. The predicted molar refractivity (Wildman–Crippen MR) is 75.7 cm³/mol. The lowest BCUT2D eigenvalue weighted by atomic mass is 9.81. The Bertz CT molecular complexity index is 481. The zero-order valence-corrected chi connectivity index (χ0v) is 12.9. The minimum absolute atomic E-state index is 0.0493. The number of Topliss-reactive ketones (excluding diaryl/α,β-unsaturated/α-hetero) is 1. The molecule has 0 aliphatic carbocycles. The zero-order valence-electron chi connectivity index (χ0n) is 10.5. The molecule has 1 aliphatic rings. The topological polar surface area (TPSA) is 37.4 Å². The minimum atomic E-state index is -0.275. The summed E-state index contributed by atoms with van der Waals surface area (Å²) in [5, 5.41) is 0. The van der Waals surface area contributed by atoms with E-state index in [0.29, 0.717) is 13.0 Å². The summed E-state index contributed by atoms with van der Waals surface area (Å²) < 4.78 is 1.03. The fourth-order valence-corrected chi connectivity index (χ4v) is 3.41. The Balaban J connectivity index is 1.97. The lowest BCUT2D eigenvalue weighted by Crippen LogP contribution is -2.48. The molecule has 3 nitrogen and oxygen atoms in total. The first-order valence-corrected chi connectivity index (χ1v) is 7.55. The Morgan fingerprint density at radius 1 is 1.50 bits per heavy atom. The van der Waals surface area contributed by atoms with Crippen LogP contribution in [0.15, 0.2) is 15.9 Å². The van der Waals surface area contributed by atoms with Crippen molar-refractivity contribution in [3.63, 3.8) is 0 Å². The standard InChI is InChI=1S/C13H16BrNO2S/c1-13(2)5-6-15(8-10(13)16)12(17)7-9-3-4-11(14)18-9/h3-4H,5-8H2,1-2H3. The molecular formula is C13H16BrNO2S. The van der Waals surface area contributed by atoms with Crippen LogP contribution < -0.4 is 0 Å². The van der Waals surface area contributed by atoms with Gasteiger partial charge in [0.25, 0.3) is 0 Å². The molecule has 0 radical (unpaired) electrons. The van der Waals surface area contributed by atoms with Crippen LogP contribution in [-0.4, -0.2) is 29.7 Å². The van der Waals surface area contributed by atoms with Crippen molar-refractivity contribution in [3.8, 4) is 0 Å². The van der Waals surface area contributed by atoms with Crippen LogP contribution in [0.1, 0.15) is 25.1 Å². The first-order chi connectivity index (χ1) is 8.38. The van der Waals surface area contributed by atoms with Crippen LogP contribution in [0.4, 0.5) is 0 Å².